The van der Waals surface area contributed by atoms with E-state index in [1.807, 2.05) is 13.8 Å². The lowest BCUT2D eigenvalue weighted by molar-refractivity contribution is -0.121. The number of carbonyl (C=O) groups is 1. The number of aromatic nitrogens is 2. The molecule has 0 unspecified atom stereocenters. The fourth-order valence-electron chi connectivity index (χ4n) is 1.98. The molecule has 1 heterocycles. The number of hydrazone groups is 1. The van der Waals surface area contributed by atoms with Gasteiger partial charge in [-0.3, -0.25) is 9.48 Å². The second-order valence-electron chi connectivity index (χ2n) is 4.83. The molecule has 0 atom stereocenters. The molecule has 8 heteroatoms. The molecule has 7 nitrogen and oxygen atoms in total. The Morgan fingerprint density at radius 3 is 2.87 bits per heavy atom. The normalized spacial score (nSPS) is 11.0. The van der Waals surface area contributed by atoms with Crippen LogP contribution in [0.3, 0.4) is 0 Å². The van der Waals surface area contributed by atoms with Gasteiger partial charge in [0.2, 0.25) is 0 Å². The van der Waals surface area contributed by atoms with Gasteiger partial charge in [0.15, 0.2) is 11.5 Å². The fourth-order valence-corrected chi connectivity index (χ4v) is 2.27. The summed E-state index contributed by atoms with van der Waals surface area (Å²) < 4.78 is 7.48. The molecule has 2 aromatic rings. The molecule has 0 saturated carbocycles. The van der Waals surface area contributed by atoms with Gasteiger partial charge in [-0.25, -0.2) is 5.43 Å². The van der Waals surface area contributed by atoms with Gasteiger partial charge in [-0.1, -0.05) is 6.07 Å². The third kappa shape index (κ3) is 3.89. The second-order valence-corrected chi connectivity index (χ2v) is 5.63. The van der Waals surface area contributed by atoms with Gasteiger partial charge in [0.25, 0.3) is 5.91 Å². The number of aromatic hydroxyl groups is 1. The summed E-state index contributed by atoms with van der Waals surface area (Å²) in [5.74, 6) is -0.00928. The highest BCUT2D eigenvalue weighted by atomic mass is 79.9. The van der Waals surface area contributed by atoms with Crippen molar-refractivity contribution in [3.63, 3.8) is 0 Å². The van der Waals surface area contributed by atoms with Crippen LogP contribution in [0.4, 0.5) is 0 Å². The van der Waals surface area contributed by atoms with Crippen LogP contribution in [0.1, 0.15) is 17.0 Å². The number of carbonyl (C=O) groups excluding carboxylic acids is 1. The van der Waals surface area contributed by atoms with Crippen LogP contribution in [0.5, 0.6) is 11.5 Å². The van der Waals surface area contributed by atoms with Crippen molar-refractivity contribution in [3.05, 3.63) is 39.6 Å². The smallest absolute Gasteiger partial charge is 0.261 e. The summed E-state index contributed by atoms with van der Waals surface area (Å²) in [6, 6.07) is 5.01. The summed E-state index contributed by atoms with van der Waals surface area (Å²) >= 11 is 3.41. The number of rotatable bonds is 5. The van der Waals surface area contributed by atoms with Gasteiger partial charge in [0.1, 0.15) is 6.54 Å². The molecule has 1 aromatic heterocycles. The SMILES string of the molecule is COc1cccc(C=NNC(=O)Cn2nc(C)c(Br)c2C)c1O. The Hall–Kier alpha value is -2.35. The van der Waals surface area contributed by atoms with Gasteiger partial charge in [0.05, 0.1) is 29.2 Å². The van der Waals surface area contributed by atoms with Crippen LogP contribution < -0.4 is 10.2 Å². The molecule has 0 aliphatic heterocycles. The van der Waals surface area contributed by atoms with Crippen molar-refractivity contribution in [2.75, 3.05) is 7.11 Å². The van der Waals surface area contributed by atoms with Crippen molar-refractivity contribution in [1.82, 2.24) is 15.2 Å². The molecular formula is C15H17BrN4O3. The Kier molecular flexibility index (Phi) is 5.38. The fraction of sp³-hybridized carbons (Fsp3) is 0.267. The zero-order valence-corrected chi connectivity index (χ0v) is 14.6. The number of phenolic OH excluding ortho intramolecular Hbond substituents is 1. The van der Waals surface area contributed by atoms with Crippen LogP contribution in [-0.4, -0.2) is 34.1 Å². The van der Waals surface area contributed by atoms with E-state index in [2.05, 4.69) is 31.6 Å². The molecule has 1 aromatic carbocycles. The molecule has 122 valence electrons. The van der Waals surface area contributed by atoms with Crippen LogP contribution in [0, 0.1) is 13.8 Å². The number of ether oxygens (including phenoxy) is 1. The number of hydrogen-bond donors (Lipinski definition) is 2. The van der Waals surface area contributed by atoms with Crippen LogP contribution in [0.2, 0.25) is 0 Å². The lowest BCUT2D eigenvalue weighted by Gasteiger charge is -2.05. The Bertz CT molecular complexity index is 755. The Balaban J connectivity index is 2.00. The average molecular weight is 381 g/mol. The first-order chi connectivity index (χ1) is 10.9. The predicted molar refractivity (Wildman–Crippen MR) is 89.8 cm³/mol. The topological polar surface area (TPSA) is 88.7 Å². The molecular weight excluding hydrogens is 364 g/mol. The summed E-state index contributed by atoms with van der Waals surface area (Å²) in [6.07, 6.45) is 1.35. The number of para-hydroxylation sites is 1. The minimum absolute atomic E-state index is 0.0320. The van der Waals surface area contributed by atoms with Gasteiger partial charge in [-0.15, -0.1) is 0 Å². The largest absolute Gasteiger partial charge is 0.504 e. The van der Waals surface area contributed by atoms with Crippen LogP contribution >= 0.6 is 15.9 Å². The van der Waals surface area contributed by atoms with E-state index in [9.17, 15) is 9.90 Å². The van der Waals surface area contributed by atoms with E-state index < -0.39 is 0 Å². The Morgan fingerprint density at radius 1 is 1.52 bits per heavy atom. The monoisotopic (exact) mass is 380 g/mol. The minimum atomic E-state index is -0.318. The molecule has 23 heavy (non-hydrogen) atoms. The summed E-state index contributed by atoms with van der Waals surface area (Å²) in [6.45, 7) is 3.78. The third-order valence-electron chi connectivity index (χ3n) is 3.23. The highest BCUT2D eigenvalue weighted by molar-refractivity contribution is 9.10. The number of phenols is 1. The number of hydrogen-bond acceptors (Lipinski definition) is 5. The lowest BCUT2D eigenvalue weighted by Crippen LogP contribution is -2.24. The Labute approximate surface area is 142 Å². The lowest BCUT2D eigenvalue weighted by atomic mass is 10.2. The summed E-state index contributed by atoms with van der Waals surface area (Å²) in [4.78, 5) is 11.9. The van der Waals surface area contributed by atoms with E-state index in [0.29, 0.717) is 11.3 Å². The molecule has 0 saturated heterocycles. The van der Waals surface area contributed by atoms with Crippen LogP contribution in [0.15, 0.2) is 27.8 Å². The van der Waals surface area contributed by atoms with Crippen molar-refractivity contribution < 1.29 is 14.6 Å². The summed E-state index contributed by atoms with van der Waals surface area (Å²) in [5, 5.41) is 18.0. The minimum Gasteiger partial charge on any atom is -0.504 e. The molecule has 2 rings (SSSR count). The van der Waals surface area contributed by atoms with Crippen molar-refractivity contribution in [2.24, 2.45) is 5.10 Å². The van der Waals surface area contributed by atoms with E-state index in [4.69, 9.17) is 4.74 Å². The highest BCUT2D eigenvalue weighted by Crippen LogP contribution is 2.27. The number of nitrogens with one attached hydrogen (secondary N) is 1. The van der Waals surface area contributed by atoms with Gasteiger partial charge in [0, 0.05) is 5.56 Å². The van der Waals surface area contributed by atoms with E-state index in [0.717, 1.165) is 15.9 Å². The number of aryl methyl sites for hydroxylation is 1. The molecule has 0 aliphatic rings. The van der Waals surface area contributed by atoms with E-state index in [-0.39, 0.29) is 18.2 Å². The van der Waals surface area contributed by atoms with Crippen LogP contribution in [0.25, 0.3) is 0 Å². The second kappa shape index (κ2) is 7.28. The van der Waals surface area contributed by atoms with Gasteiger partial charge < -0.3 is 9.84 Å². The maximum Gasteiger partial charge on any atom is 0.261 e. The number of methoxy groups -OCH3 is 1. The van der Waals surface area contributed by atoms with Crippen molar-refractivity contribution in [1.29, 1.82) is 0 Å². The Morgan fingerprint density at radius 2 is 2.26 bits per heavy atom. The zero-order valence-electron chi connectivity index (χ0n) is 13.0. The highest BCUT2D eigenvalue weighted by Gasteiger charge is 2.11. The third-order valence-corrected chi connectivity index (χ3v) is 4.38. The van der Waals surface area contributed by atoms with E-state index in [1.165, 1.54) is 13.3 Å². The molecule has 0 spiro atoms. The number of halogens is 1. The first-order valence-corrected chi connectivity index (χ1v) is 7.60. The predicted octanol–water partition coefficient (Wildman–Crippen LogP) is 2.13. The van der Waals surface area contributed by atoms with Crippen molar-refractivity contribution in [2.45, 2.75) is 20.4 Å². The maximum absolute atomic E-state index is 11.9. The molecule has 0 radical (unpaired) electrons. The summed E-state index contributed by atoms with van der Waals surface area (Å²) in [7, 11) is 1.46. The van der Waals surface area contributed by atoms with Gasteiger partial charge in [-0.05, 0) is 41.9 Å². The standard InChI is InChI=1S/C15H17BrN4O3/c1-9-14(16)10(2)20(19-9)8-13(21)18-17-7-11-5-4-6-12(23-3)15(11)22/h4-7,22H,8H2,1-3H3,(H,18,21). The summed E-state index contributed by atoms with van der Waals surface area (Å²) in [5.41, 5.74) is 4.53. The molecule has 0 bridgehead atoms. The first-order valence-electron chi connectivity index (χ1n) is 6.81. The van der Waals surface area contributed by atoms with Gasteiger partial charge >= 0.3 is 0 Å². The molecule has 0 fully saturated rings. The molecule has 1 amide bonds. The van der Waals surface area contributed by atoms with E-state index in [1.54, 1.807) is 22.9 Å². The number of nitrogens with zero attached hydrogens (tertiary/aromatic N) is 3. The average Bonchev–Trinajstić information content (AvgIpc) is 2.76. The number of amides is 1. The van der Waals surface area contributed by atoms with E-state index >= 15 is 0 Å². The number of benzene rings is 1. The van der Waals surface area contributed by atoms with Crippen LogP contribution in [-0.2, 0) is 11.3 Å². The maximum atomic E-state index is 11.9. The van der Waals surface area contributed by atoms with Gasteiger partial charge in [-0.2, -0.15) is 10.2 Å². The first kappa shape index (κ1) is 17.0. The quantitative estimate of drug-likeness (QED) is 0.614. The van der Waals surface area contributed by atoms with Crippen molar-refractivity contribution in [3.8, 4) is 11.5 Å². The molecule has 2 N–H and O–H groups in total. The molecule has 0 aliphatic carbocycles. The zero-order chi connectivity index (χ0) is 17.0. The van der Waals surface area contributed by atoms with Crippen molar-refractivity contribution >= 4 is 28.1 Å².